The van der Waals surface area contributed by atoms with Crippen molar-refractivity contribution in [2.45, 2.75) is 18.4 Å². The summed E-state index contributed by atoms with van der Waals surface area (Å²) in [5.74, 6) is 0.749. The van der Waals surface area contributed by atoms with Gasteiger partial charge >= 0.3 is 0 Å². The average Bonchev–Trinajstić information content (AvgIpc) is 3.21. The Morgan fingerprint density at radius 1 is 0.967 bits per heavy atom. The summed E-state index contributed by atoms with van der Waals surface area (Å²) in [6, 6.07) is 18.8. The molecule has 0 spiro atoms. The summed E-state index contributed by atoms with van der Waals surface area (Å²) >= 11 is 0. The third kappa shape index (κ3) is 4.29. The molecule has 0 aliphatic carbocycles. The Kier molecular flexibility index (Phi) is 5.43. The molecule has 0 radical (unpaired) electrons. The molecule has 4 rings (SSSR count). The quantitative estimate of drug-likeness (QED) is 0.632. The second kappa shape index (κ2) is 8.17. The van der Waals surface area contributed by atoms with Gasteiger partial charge < -0.3 is 14.8 Å². The molecule has 0 saturated heterocycles. The van der Waals surface area contributed by atoms with Crippen LogP contribution in [0, 0.1) is 6.92 Å². The van der Waals surface area contributed by atoms with Crippen LogP contribution >= 0.6 is 0 Å². The van der Waals surface area contributed by atoms with Crippen LogP contribution in [-0.4, -0.2) is 21.1 Å². The van der Waals surface area contributed by atoms with E-state index in [2.05, 4.69) is 10.0 Å². The van der Waals surface area contributed by atoms with E-state index in [-0.39, 0.29) is 23.8 Å². The van der Waals surface area contributed by atoms with Gasteiger partial charge in [0.05, 0.1) is 4.90 Å². The van der Waals surface area contributed by atoms with Crippen LogP contribution in [0.5, 0.6) is 11.5 Å². The highest BCUT2D eigenvalue weighted by Crippen LogP contribution is 2.34. The zero-order valence-corrected chi connectivity index (χ0v) is 17.0. The zero-order valence-electron chi connectivity index (χ0n) is 16.2. The maximum Gasteiger partial charge on any atom is 0.255 e. The van der Waals surface area contributed by atoms with Crippen molar-refractivity contribution in [3.05, 3.63) is 83.4 Å². The maximum absolute atomic E-state index is 12.8. The first-order valence-corrected chi connectivity index (χ1v) is 10.8. The lowest BCUT2D eigenvalue weighted by Gasteiger charge is -2.12. The summed E-state index contributed by atoms with van der Waals surface area (Å²) in [4.78, 5) is 12.8. The van der Waals surface area contributed by atoms with Crippen molar-refractivity contribution < 1.29 is 22.7 Å². The number of rotatable bonds is 6. The van der Waals surface area contributed by atoms with Crippen LogP contribution in [0.3, 0.4) is 0 Å². The fourth-order valence-corrected chi connectivity index (χ4v) is 4.09. The summed E-state index contributed by atoms with van der Waals surface area (Å²) in [7, 11) is -3.78. The third-order valence-corrected chi connectivity index (χ3v) is 6.10. The fourth-order valence-electron chi connectivity index (χ4n) is 3.04. The number of fused-ring (bicyclic) bond motifs is 1. The van der Waals surface area contributed by atoms with Crippen molar-refractivity contribution in [1.82, 2.24) is 4.72 Å². The van der Waals surface area contributed by atoms with E-state index < -0.39 is 15.9 Å². The van der Waals surface area contributed by atoms with Crippen molar-refractivity contribution >= 4 is 21.6 Å². The van der Waals surface area contributed by atoms with Gasteiger partial charge in [-0.3, -0.25) is 4.79 Å². The van der Waals surface area contributed by atoms with Gasteiger partial charge in [0.25, 0.3) is 5.91 Å². The van der Waals surface area contributed by atoms with Crippen molar-refractivity contribution in [2.75, 3.05) is 12.1 Å². The minimum absolute atomic E-state index is 0.0277. The first kappa shape index (κ1) is 19.9. The van der Waals surface area contributed by atoms with Crippen LogP contribution in [0.4, 0.5) is 5.69 Å². The molecule has 30 heavy (non-hydrogen) atoms. The first-order chi connectivity index (χ1) is 14.4. The molecular weight excluding hydrogens is 404 g/mol. The van der Waals surface area contributed by atoms with Crippen molar-refractivity contribution in [3.63, 3.8) is 0 Å². The van der Waals surface area contributed by atoms with Gasteiger partial charge in [0.1, 0.15) is 0 Å². The van der Waals surface area contributed by atoms with Gasteiger partial charge in [0, 0.05) is 23.9 Å². The Morgan fingerprint density at radius 3 is 2.53 bits per heavy atom. The number of carbonyl (C=O) groups is 1. The second-order valence-electron chi connectivity index (χ2n) is 6.81. The number of hydrogen-bond donors (Lipinski definition) is 2. The highest BCUT2D eigenvalue weighted by Gasteiger charge is 2.19. The lowest BCUT2D eigenvalue weighted by Crippen LogP contribution is -2.24. The largest absolute Gasteiger partial charge is 0.454 e. The molecule has 0 aromatic heterocycles. The van der Waals surface area contributed by atoms with Crippen molar-refractivity contribution in [2.24, 2.45) is 0 Å². The van der Waals surface area contributed by atoms with Crippen LogP contribution in [0.2, 0.25) is 0 Å². The number of aryl methyl sites for hydroxylation is 1. The molecule has 0 bridgehead atoms. The van der Waals surface area contributed by atoms with Crippen molar-refractivity contribution in [3.8, 4) is 11.5 Å². The van der Waals surface area contributed by atoms with Gasteiger partial charge in [0.15, 0.2) is 11.5 Å². The van der Waals surface area contributed by atoms with E-state index >= 15 is 0 Å². The van der Waals surface area contributed by atoms with Crippen LogP contribution in [-0.2, 0) is 16.6 Å². The zero-order chi connectivity index (χ0) is 21.1. The molecule has 154 valence electrons. The molecule has 8 heteroatoms. The highest BCUT2D eigenvalue weighted by atomic mass is 32.2. The fraction of sp³-hybridized carbons (Fsp3) is 0.136. The van der Waals surface area contributed by atoms with Gasteiger partial charge in [0.2, 0.25) is 16.8 Å². The van der Waals surface area contributed by atoms with Gasteiger partial charge in [-0.1, -0.05) is 36.4 Å². The number of sulfonamides is 1. The topological polar surface area (TPSA) is 93.7 Å². The van der Waals surface area contributed by atoms with E-state index in [0.29, 0.717) is 22.7 Å². The molecule has 3 aromatic rings. The lowest BCUT2D eigenvalue weighted by atomic mass is 10.1. The monoisotopic (exact) mass is 424 g/mol. The standard InChI is InChI=1S/C22H20N2O5S/c1-15-7-9-18(30(26,27)23-13-16-5-3-2-4-6-16)12-19(15)22(25)24-17-8-10-20-21(11-17)29-14-28-20/h2-12,23H,13-14H2,1H3,(H,24,25). The molecule has 0 fully saturated rings. The molecule has 1 aliphatic rings. The molecule has 2 N–H and O–H groups in total. The van der Waals surface area contributed by atoms with E-state index in [4.69, 9.17) is 9.47 Å². The van der Waals surface area contributed by atoms with E-state index in [1.807, 2.05) is 30.3 Å². The lowest BCUT2D eigenvalue weighted by molar-refractivity contribution is 0.102. The number of amides is 1. The van der Waals surface area contributed by atoms with E-state index in [1.54, 1.807) is 31.2 Å². The van der Waals surface area contributed by atoms with Crippen LogP contribution < -0.4 is 19.5 Å². The number of carbonyl (C=O) groups excluding carboxylic acids is 1. The Morgan fingerprint density at radius 2 is 1.73 bits per heavy atom. The number of benzene rings is 3. The van der Waals surface area contributed by atoms with E-state index in [0.717, 1.165) is 5.56 Å². The van der Waals surface area contributed by atoms with E-state index in [1.165, 1.54) is 12.1 Å². The average molecular weight is 424 g/mol. The first-order valence-electron chi connectivity index (χ1n) is 9.28. The minimum atomic E-state index is -3.78. The Balaban J connectivity index is 1.52. The summed E-state index contributed by atoms with van der Waals surface area (Å²) in [6.07, 6.45) is 0. The summed E-state index contributed by atoms with van der Waals surface area (Å²) < 4.78 is 38.6. The predicted octanol–water partition coefficient (Wildman–Crippen LogP) is 3.45. The molecule has 0 atom stereocenters. The smallest absolute Gasteiger partial charge is 0.255 e. The molecule has 3 aromatic carbocycles. The maximum atomic E-state index is 12.8. The molecule has 0 saturated carbocycles. The molecular formula is C22H20N2O5S. The number of ether oxygens (including phenoxy) is 2. The van der Waals surface area contributed by atoms with Gasteiger partial charge in [-0.2, -0.15) is 0 Å². The summed E-state index contributed by atoms with van der Waals surface area (Å²) in [5, 5.41) is 2.78. The number of anilines is 1. The molecule has 1 aliphatic heterocycles. The van der Waals surface area contributed by atoms with Crippen molar-refractivity contribution in [1.29, 1.82) is 0 Å². The minimum Gasteiger partial charge on any atom is -0.454 e. The Hall–Kier alpha value is -3.36. The second-order valence-corrected chi connectivity index (χ2v) is 8.58. The molecule has 0 unspecified atom stereocenters. The molecule has 1 heterocycles. The van der Waals surface area contributed by atoms with Gasteiger partial charge in [-0.25, -0.2) is 13.1 Å². The normalized spacial score (nSPS) is 12.6. The van der Waals surface area contributed by atoms with Crippen LogP contribution in [0.15, 0.2) is 71.6 Å². The Bertz CT molecular complexity index is 1190. The summed E-state index contributed by atoms with van der Waals surface area (Å²) in [5.41, 5.74) is 2.30. The van der Waals surface area contributed by atoms with Crippen LogP contribution in [0.1, 0.15) is 21.5 Å². The van der Waals surface area contributed by atoms with Crippen LogP contribution in [0.25, 0.3) is 0 Å². The molecule has 1 amide bonds. The van der Waals surface area contributed by atoms with Gasteiger partial charge in [-0.05, 0) is 42.3 Å². The predicted molar refractivity (Wildman–Crippen MR) is 112 cm³/mol. The Labute approximate surface area is 174 Å². The number of nitrogens with one attached hydrogen (secondary N) is 2. The third-order valence-electron chi connectivity index (χ3n) is 4.70. The summed E-state index contributed by atoms with van der Waals surface area (Å²) in [6.45, 7) is 2.06. The number of hydrogen-bond acceptors (Lipinski definition) is 5. The molecule has 7 nitrogen and oxygen atoms in total. The highest BCUT2D eigenvalue weighted by molar-refractivity contribution is 7.89. The van der Waals surface area contributed by atoms with Gasteiger partial charge in [-0.15, -0.1) is 0 Å². The SMILES string of the molecule is Cc1ccc(S(=O)(=O)NCc2ccccc2)cc1C(=O)Nc1ccc2c(c1)OCO2. The van der Waals surface area contributed by atoms with E-state index in [9.17, 15) is 13.2 Å².